The molecule has 0 bridgehead atoms. The number of aliphatic hydroxyl groups excluding tert-OH is 2. The first-order valence-corrected chi connectivity index (χ1v) is 5.15. The molecule has 0 radical (unpaired) electrons. The average Bonchev–Trinajstić information content (AvgIpc) is 2.18. The van der Waals surface area contributed by atoms with E-state index < -0.39 is 0 Å². The Morgan fingerprint density at radius 3 is 1.40 bits per heavy atom. The maximum absolute atomic E-state index is 9.34. The van der Waals surface area contributed by atoms with Crippen molar-refractivity contribution in [1.29, 1.82) is 0 Å². The summed E-state index contributed by atoms with van der Waals surface area (Å²) >= 11 is 0. The van der Waals surface area contributed by atoms with Crippen LogP contribution in [-0.2, 0) is 9.47 Å². The van der Waals surface area contributed by atoms with Crippen molar-refractivity contribution in [2.24, 2.45) is 10.8 Å². The van der Waals surface area contributed by atoms with Crippen LogP contribution in [0.25, 0.3) is 0 Å². The zero-order chi connectivity index (χ0) is 11.9. The zero-order valence-electron chi connectivity index (χ0n) is 10.2. The van der Waals surface area contributed by atoms with Gasteiger partial charge in [-0.2, -0.15) is 0 Å². The van der Waals surface area contributed by atoms with Gasteiger partial charge in [0.2, 0.25) is 0 Å². The van der Waals surface area contributed by atoms with Crippen molar-refractivity contribution >= 4 is 0 Å². The summed E-state index contributed by atoms with van der Waals surface area (Å²) in [4.78, 5) is 0. The standard InChI is InChI=1S/C11H24O4/c1-10(6-12,8-14-3)5-11(2,7-13)9-15-4/h12-13H,5-9H2,1-4H3. The van der Waals surface area contributed by atoms with E-state index in [0.717, 1.165) is 0 Å². The van der Waals surface area contributed by atoms with E-state index in [4.69, 9.17) is 9.47 Å². The second-order valence-electron chi connectivity index (χ2n) is 4.98. The Balaban J connectivity index is 4.47. The molecule has 0 aliphatic carbocycles. The summed E-state index contributed by atoms with van der Waals surface area (Å²) in [7, 11) is 3.22. The average molecular weight is 220 g/mol. The molecule has 0 aliphatic rings. The number of rotatable bonds is 8. The van der Waals surface area contributed by atoms with Crippen LogP contribution >= 0.6 is 0 Å². The number of aliphatic hydroxyl groups is 2. The predicted molar refractivity (Wildman–Crippen MR) is 58.8 cm³/mol. The van der Waals surface area contributed by atoms with Gasteiger partial charge in [0.25, 0.3) is 0 Å². The maximum atomic E-state index is 9.34. The molecule has 0 aromatic rings. The van der Waals surface area contributed by atoms with Crippen LogP contribution in [0.1, 0.15) is 20.3 Å². The Kier molecular flexibility index (Phi) is 6.36. The summed E-state index contributed by atoms with van der Waals surface area (Å²) in [6.07, 6.45) is 0.661. The predicted octanol–water partition coefficient (Wildman–Crippen LogP) is 0.666. The first-order valence-electron chi connectivity index (χ1n) is 5.15. The lowest BCUT2D eigenvalue weighted by Gasteiger charge is -2.36. The van der Waals surface area contributed by atoms with Crippen LogP contribution in [0, 0.1) is 10.8 Å². The molecule has 2 unspecified atom stereocenters. The summed E-state index contributed by atoms with van der Waals surface area (Å²) in [5.41, 5.74) is -0.657. The molecule has 2 atom stereocenters. The van der Waals surface area contributed by atoms with Crippen molar-refractivity contribution in [2.45, 2.75) is 20.3 Å². The Morgan fingerprint density at radius 1 is 0.867 bits per heavy atom. The largest absolute Gasteiger partial charge is 0.396 e. The molecule has 0 aromatic heterocycles. The minimum atomic E-state index is -0.329. The van der Waals surface area contributed by atoms with Gasteiger partial charge in [-0.05, 0) is 6.42 Å². The van der Waals surface area contributed by atoms with Crippen molar-refractivity contribution in [3.8, 4) is 0 Å². The first kappa shape index (κ1) is 14.8. The lowest BCUT2D eigenvalue weighted by molar-refractivity contribution is -0.0361. The Morgan fingerprint density at radius 2 is 1.20 bits per heavy atom. The van der Waals surface area contributed by atoms with E-state index in [-0.39, 0.29) is 24.0 Å². The molecule has 0 aromatic carbocycles. The van der Waals surface area contributed by atoms with Gasteiger partial charge in [-0.25, -0.2) is 0 Å². The molecule has 4 heteroatoms. The molecule has 0 spiro atoms. The summed E-state index contributed by atoms with van der Waals surface area (Å²) < 4.78 is 10.2. The van der Waals surface area contributed by atoms with Crippen molar-refractivity contribution in [3.63, 3.8) is 0 Å². The van der Waals surface area contributed by atoms with E-state index in [1.54, 1.807) is 14.2 Å². The number of hydrogen-bond acceptors (Lipinski definition) is 4. The monoisotopic (exact) mass is 220 g/mol. The van der Waals surface area contributed by atoms with Gasteiger partial charge < -0.3 is 19.7 Å². The smallest absolute Gasteiger partial charge is 0.0538 e. The molecule has 0 rings (SSSR count). The van der Waals surface area contributed by atoms with E-state index in [9.17, 15) is 10.2 Å². The molecule has 4 nitrogen and oxygen atoms in total. The minimum Gasteiger partial charge on any atom is -0.396 e. The lowest BCUT2D eigenvalue weighted by atomic mass is 9.74. The molecular weight excluding hydrogens is 196 g/mol. The van der Waals surface area contributed by atoms with Gasteiger partial charge in [0.15, 0.2) is 0 Å². The first-order chi connectivity index (χ1) is 6.95. The highest BCUT2D eigenvalue weighted by Crippen LogP contribution is 2.34. The molecule has 0 heterocycles. The van der Waals surface area contributed by atoms with E-state index in [2.05, 4.69) is 0 Å². The highest BCUT2D eigenvalue weighted by atomic mass is 16.5. The van der Waals surface area contributed by atoms with Crippen LogP contribution in [0.3, 0.4) is 0 Å². The second-order valence-corrected chi connectivity index (χ2v) is 4.98. The van der Waals surface area contributed by atoms with Gasteiger partial charge in [0.1, 0.15) is 0 Å². The van der Waals surface area contributed by atoms with Crippen molar-refractivity contribution < 1.29 is 19.7 Å². The van der Waals surface area contributed by atoms with Gasteiger partial charge in [-0.15, -0.1) is 0 Å². The van der Waals surface area contributed by atoms with E-state index >= 15 is 0 Å². The van der Waals surface area contributed by atoms with Gasteiger partial charge >= 0.3 is 0 Å². The molecule has 0 saturated carbocycles. The Hall–Kier alpha value is -0.160. The fourth-order valence-corrected chi connectivity index (χ4v) is 2.03. The minimum absolute atomic E-state index is 0.0418. The van der Waals surface area contributed by atoms with Crippen molar-refractivity contribution in [3.05, 3.63) is 0 Å². The highest BCUT2D eigenvalue weighted by Gasteiger charge is 2.35. The topological polar surface area (TPSA) is 58.9 Å². The summed E-state index contributed by atoms with van der Waals surface area (Å²) in [6, 6.07) is 0. The third-order valence-corrected chi connectivity index (χ3v) is 2.60. The molecule has 92 valence electrons. The molecule has 0 saturated heterocycles. The lowest BCUT2D eigenvalue weighted by Crippen LogP contribution is -2.38. The molecule has 0 fully saturated rings. The Labute approximate surface area is 92.2 Å². The number of ether oxygens (including phenoxy) is 2. The quantitative estimate of drug-likeness (QED) is 0.631. The normalized spacial score (nSPS) is 19.6. The van der Waals surface area contributed by atoms with Crippen LogP contribution < -0.4 is 0 Å². The van der Waals surface area contributed by atoms with E-state index in [1.165, 1.54) is 0 Å². The third-order valence-electron chi connectivity index (χ3n) is 2.60. The zero-order valence-corrected chi connectivity index (χ0v) is 10.2. The number of methoxy groups -OCH3 is 2. The summed E-state index contributed by atoms with van der Waals surface area (Å²) in [6.45, 7) is 4.92. The van der Waals surface area contributed by atoms with E-state index in [0.29, 0.717) is 19.6 Å². The van der Waals surface area contributed by atoms with Crippen LogP contribution in [0.15, 0.2) is 0 Å². The number of hydrogen-bond donors (Lipinski definition) is 2. The fraction of sp³-hybridized carbons (Fsp3) is 1.00. The van der Waals surface area contributed by atoms with Gasteiger partial charge in [0, 0.05) is 25.0 Å². The molecular formula is C11H24O4. The van der Waals surface area contributed by atoms with Crippen LogP contribution in [0.2, 0.25) is 0 Å². The molecule has 0 aliphatic heterocycles. The van der Waals surface area contributed by atoms with Gasteiger partial charge in [-0.1, -0.05) is 13.8 Å². The highest BCUT2D eigenvalue weighted by molar-refractivity contribution is 4.84. The summed E-state index contributed by atoms with van der Waals surface area (Å²) in [5, 5.41) is 18.7. The Bertz CT molecular complexity index is 156. The van der Waals surface area contributed by atoms with Crippen molar-refractivity contribution in [1.82, 2.24) is 0 Å². The SMILES string of the molecule is COCC(C)(CO)CC(C)(CO)COC. The van der Waals surface area contributed by atoms with E-state index in [1.807, 2.05) is 13.8 Å². The van der Waals surface area contributed by atoms with Crippen LogP contribution in [0.4, 0.5) is 0 Å². The van der Waals surface area contributed by atoms with Crippen molar-refractivity contribution in [2.75, 3.05) is 40.6 Å². The molecule has 15 heavy (non-hydrogen) atoms. The molecule has 2 N–H and O–H groups in total. The third kappa shape index (κ3) is 4.93. The van der Waals surface area contributed by atoms with Crippen LogP contribution in [0.5, 0.6) is 0 Å². The molecule has 0 amide bonds. The maximum Gasteiger partial charge on any atom is 0.0538 e. The second kappa shape index (κ2) is 6.43. The van der Waals surface area contributed by atoms with Gasteiger partial charge in [0.05, 0.1) is 26.4 Å². The fourth-order valence-electron chi connectivity index (χ4n) is 2.03. The summed E-state index contributed by atoms with van der Waals surface area (Å²) in [5.74, 6) is 0. The van der Waals surface area contributed by atoms with Crippen LogP contribution in [-0.4, -0.2) is 50.9 Å². The van der Waals surface area contributed by atoms with Gasteiger partial charge in [-0.3, -0.25) is 0 Å².